The van der Waals surface area contributed by atoms with E-state index in [1.165, 1.54) is 7.11 Å². The van der Waals surface area contributed by atoms with Crippen molar-refractivity contribution in [2.75, 3.05) is 36.6 Å². The summed E-state index contributed by atoms with van der Waals surface area (Å²) in [4.78, 5) is 71.2. The van der Waals surface area contributed by atoms with E-state index in [0.29, 0.717) is 59.5 Å². The Morgan fingerprint density at radius 3 is 2.52 bits per heavy atom. The lowest BCUT2D eigenvalue weighted by molar-refractivity contribution is -0.143. The number of fused-ring (bicyclic) bond motifs is 3. The van der Waals surface area contributed by atoms with Gasteiger partial charge in [0.15, 0.2) is 17.0 Å². The molecule has 14 nitrogen and oxygen atoms in total. The first-order valence-electron chi connectivity index (χ1n) is 14.0. The zero-order valence-electron chi connectivity index (χ0n) is 23.8. The van der Waals surface area contributed by atoms with E-state index in [4.69, 9.17) is 16.2 Å². The van der Waals surface area contributed by atoms with E-state index in [9.17, 15) is 19.2 Å². The summed E-state index contributed by atoms with van der Waals surface area (Å²) >= 11 is 0. The Morgan fingerprint density at radius 2 is 1.80 bits per heavy atom. The highest BCUT2D eigenvalue weighted by Gasteiger charge is 2.35. The maximum atomic E-state index is 13.2. The molecule has 2 aromatic carbocycles. The van der Waals surface area contributed by atoms with Gasteiger partial charge >= 0.3 is 5.97 Å². The largest absolute Gasteiger partial charge is 0.467 e. The Labute approximate surface area is 251 Å². The average molecular weight is 596 g/mol. The number of amides is 3. The highest BCUT2D eigenvalue weighted by Crippen LogP contribution is 2.30. The summed E-state index contributed by atoms with van der Waals surface area (Å²) in [6.07, 6.45) is 2.81. The number of esters is 1. The standard InChI is InChI=1S/C30H29N9O5/c1-44-29(43)21(7-4-11-39-27(41)19-5-2-3-6-20(19)28(39)42)35-26(40)17-8-9-22-16(13-17)10-12-38(22)15-18-14-33-25-23(34-18)24(31)36-30(32)37-25/h2-3,5-6,8-9,13-14,21H,4,7,10-12,15H2,1H3,(H,35,40)(H4,31,32,33,36,37). The molecule has 0 saturated heterocycles. The third-order valence-corrected chi connectivity index (χ3v) is 7.73. The topological polar surface area (TPSA) is 200 Å². The summed E-state index contributed by atoms with van der Waals surface area (Å²) in [7, 11) is 1.24. The molecule has 6 rings (SSSR count). The molecule has 0 fully saturated rings. The van der Waals surface area contributed by atoms with E-state index in [0.717, 1.165) is 16.2 Å². The quantitative estimate of drug-likeness (QED) is 0.186. The van der Waals surface area contributed by atoms with Gasteiger partial charge < -0.3 is 26.4 Å². The molecule has 0 bridgehead atoms. The molecule has 2 aliphatic heterocycles. The lowest BCUT2D eigenvalue weighted by Gasteiger charge is -2.20. The number of carbonyl (C=O) groups excluding carboxylic acids is 4. The molecule has 0 saturated carbocycles. The predicted molar refractivity (Wildman–Crippen MR) is 159 cm³/mol. The lowest BCUT2D eigenvalue weighted by Crippen LogP contribution is -2.42. The average Bonchev–Trinajstić information content (AvgIpc) is 3.53. The number of benzene rings is 2. The Kier molecular flexibility index (Phi) is 7.47. The minimum atomic E-state index is -0.953. The number of nitrogens with one attached hydrogen (secondary N) is 1. The molecular weight excluding hydrogens is 566 g/mol. The fourth-order valence-electron chi connectivity index (χ4n) is 5.56. The number of carbonyl (C=O) groups is 4. The van der Waals surface area contributed by atoms with Gasteiger partial charge in [0.25, 0.3) is 17.7 Å². The number of nitrogen functional groups attached to an aromatic ring is 2. The molecule has 1 unspecified atom stereocenters. The lowest BCUT2D eigenvalue weighted by atomic mass is 10.1. The van der Waals surface area contributed by atoms with Crippen molar-refractivity contribution in [1.29, 1.82) is 0 Å². The highest BCUT2D eigenvalue weighted by atomic mass is 16.5. The number of ether oxygens (including phenoxy) is 1. The second-order valence-electron chi connectivity index (χ2n) is 10.5. The van der Waals surface area contributed by atoms with Crippen LogP contribution < -0.4 is 21.7 Å². The molecule has 4 aromatic rings. The number of aromatic nitrogens is 4. The van der Waals surface area contributed by atoms with E-state index >= 15 is 0 Å². The maximum absolute atomic E-state index is 13.2. The van der Waals surface area contributed by atoms with Crippen LogP contribution in [0, 0.1) is 0 Å². The number of imide groups is 1. The summed E-state index contributed by atoms with van der Waals surface area (Å²) in [5, 5.41) is 2.75. The minimum Gasteiger partial charge on any atom is -0.467 e. The van der Waals surface area contributed by atoms with Crippen LogP contribution in [0.5, 0.6) is 0 Å². The van der Waals surface area contributed by atoms with Crippen molar-refractivity contribution < 1.29 is 23.9 Å². The van der Waals surface area contributed by atoms with Crippen molar-refractivity contribution in [3.8, 4) is 0 Å². The maximum Gasteiger partial charge on any atom is 0.328 e. The van der Waals surface area contributed by atoms with Gasteiger partial charge in [-0.3, -0.25) is 19.3 Å². The van der Waals surface area contributed by atoms with Crippen LogP contribution in [0.15, 0.2) is 48.7 Å². The molecule has 0 spiro atoms. The second-order valence-corrected chi connectivity index (χ2v) is 10.5. The third kappa shape index (κ3) is 5.32. The third-order valence-electron chi connectivity index (χ3n) is 7.73. The van der Waals surface area contributed by atoms with Crippen LogP contribution in [0.3, 0.4) is 0 Å². The molecule has 224 valence electrons. The molecule has 0 aliphatic carbocycles. The number of hydrogen-bond acceptors (Lipinski definition) is 12. The summed E-state index contributed by atoms with van der Waals surface area (Å²) in [5.41, 5.74) is 16.0. The predicted octanol–water partition coefficient (Wildman–Crippen LogP) is 1.49. The first-order valence-corrected chi connectivity index (χ1v) is 14.0. The first kappa shape index (κ1) is 28.5. The number of nitrogens with zero attached hydrogens (tertiary/aromatic N) is 6. The van der Waals surface area contributed by atoms with E-state index in [1.54, 1.807) is 42.6 Å². The molecule has 0 radical (unpaired) electrons. The Hall–Kier alpha value is -5.66. The number of rotatable bonds is 9. The molecule has 14 heteroatoms. The molecule has 2 aliphatic rings. The molecule has 3 amide bonds. The first-order chi connectivity index (χ1) is 21.2. The van der Waals surface area contributed by atoms with Crippen molar-refractivity contribution in [1.82, 2.24) is 30.2 Å². The van der Waals surface area contributed by atoms with Gasteiger partial charge in [0.1, 0.15) is 6.04 Å². The minimum absolute atomic E-state index is 0.0321. The summed E-state index contributed by atoms with van der Waals surface area (Å²) in [6, 6.07) is 11.0. The molecule has 2 aromatic heterocycles. The van der Waals surface area contributed by atoms with Crippen LogP contribution >= 0.6 is 0 Å². The van der Waals surface area contributed by atoms with Gasteiger partial charge in [0, 0.05) is 24.3 Å². The van der Waals surface area contributed by atoms with Gasteiger partial charge in [-0.1, -0.05) is 12.1 Å². The Morgan fingerprint density at radius 1 is 1.05 bits per heavy atom. The van der Waals surface area contributed by atoms with Crippen molar-refractivity contribution in [2.24, 2.45) is 0 Å². The molecule has 5 N–H and O–H groups in total. The van der Waals surface area contributed by atoms with Gasteiger partial charge in [0.2, 0.25) is 5.95 Å². The van der Waals surface area contributed by atoms with E-state index in [-0.39, 0.29) is 36.5 Å². The molecular formula is C30H29N9O5. The fraction of sp³-hybridized carbons (Fsp3) is 0.267. The van der Waals surface area contributed by atoms with Crippen LogP contribution in [-0.4, -0.2) is 74.8 Å². The monoisotopic (exact) mass is 595 g/mol. The van der Waals surface area contributed by atoms with Gasteiger partial charge in [-0.25, -0.2) is 14.8 Å². The fourth-order valence-corrected chi connectivity index (χ4v) is 5.56. The van der Waals surface area contributed by atoms with Gasteiger partial charge in [-0.2, -0.15) is 9.97 Å². The van der Waals surface area contributed by atoms with Gasteiger partial charge in [-0.15, -0.1) is 0 Å². The van der Waals surface area contributed by atoms with Crippen LogP contribution in [0.1, 0.15) is 55.2 Å². The van der Waals surface area contributed by atoms with Crippen LogP contribution in [0.25, 0.3) is 11.2 Å². The van der Waals surface area contributed by atoms with Crippen LogP contribution in [0.2, 0.25) is 0 Å². The highest BCUT2D eigenvalue weighted by molar-refractivity contribution is 6.21. The zero-order valence-corrected chi connectivity index (χ0v) is 23.8. The van der Waals surface area contributed by atoms with Crippen molar-refractivity contribution in [2.45, 2.75) is 31.8 Å². The van der Waals surface area contributed by atoms with Crippen molar-refractivity contribution in [3.05, 3.63) is 76.6 Å². The van der Waals surface area contributed by atoms with Gasteiger partial charge in [0.05, 0.1) is 36.7 Å². The summed E-state index contributed by atoms with van der Waals surface area (Å²) < 4.78 is 4.91. The molecule has 1 atom stereocenters. The Balaban J connectivity index is 1.09. The van der Waals surface area contributed by atoms with Gasteiger partial charge in [-0.05, 0) is 55.2 Å². The Bertz CT molecular complexity index is 1790. The summed E-state index contributed by atoms with van der Waals surface area (Å²) in [5.74, 6) is -1.59. The molecule has 4 heterocycles. The number of methoxy groups -OCH3 is 1. The molecule has 44 heavy (non-hydrogen) atoms. The van der Waals surface area contributed by atoms with E-state index in [2.05, 4.69) is 30.2 Å². The zero-order chi connectivity index (χ0) is 31.0. The van der Waals surface area contributed by atoms with Crippen LogP contribution in [0.4, 0.5) is 17.5 Å². The van der Waals surface area contributed by atoms with Crippen LogP contribution in [-0.2, 0) is 22.5 Å². The van der Waals surface area contributed by atoms with E-state index in [1.807, 2.05) is 6.07 Å². The second kappa shape index (κ2) is 11.6. The SMILES string of the molecule is COC(=O)C(CCCN1C(=O)c2ccccc2C1=O)NC(=O)c1ccc2c(c1)CCN2Cc1cnc2nc(N)nc(N)c2n1. The number of hydrogen-bond donors (Lipinski definition) is 3. The summed E-state index contributed by atoms with van der Waals surface area (Å²) in [6.45, 7) is 1.28. The number of nitrogens with two attached hydrogens (primary N) is 2. The van der Waals surface area contributed by atoms with E-state index < -0.39 is 17.9 Å². The van der Waals surface area contributed by atoms with Crippen molar-refractivity contribution >= 4 is 52.3 Å². The normalized spacial score (nSPS) is 14.5. The smallest absolute Gasteiger partial charge is 0.328 e. The van der Waals surface area contributed by atoms with Crippen molar-refractivity contribution in [3.63, 3.8) is 0 Å². The number of anilines is 3.